The van der Waals surface area contributed by atoms with E-state index in [2.05, 4.69) is 4.90 Å². The number of nitrogens with zero attached hydrogens (tertiary/aromatic N) is 1. The largest absolute Gasteiger partial charge is 0.342 e. The fourth-order valence-electron chi connectivity index (χ4n) is 4.53. The van der Waals surface area contributed by atoms with Crippen LogP contribution in [0.5, 0.6) is 0 Å². The first-order chi connectivity index (χ1) is 9.19. The molecule has 2 aliphatic carbocycles. The van der Waals surface area contributed by atoms with E-state index in [0.29, 0.717) is 23.7 Å². The lowest BCUT2D eigenvalue weighted by molar-refractivity contribution is -0.131. The normalized spacial score (nSPS) is 32.4. The summed E-state index contributed by atoms with van der Waals surface area (Å²) in [4.78, 5) is 14.6. The van der Waals surface area contributed by atoms with Crippen molar-refractivity contribution in [3.8, 4) is 0 Å². The molecule has 1 saturated heterocycles. The van der Waals surface area contributed by atoms with Gasteiger partial charge in [0.25, 0.3) is 0 Å². The second-order valence-corrected chi connectivity index (χ2v) is 7.18. The lowest BCUT2D eigenvalue weighted by Gasteiger charge is -2.33. The van der Waals surface area contributed by atoms with Crippen molar-refractivity contribution in [3.05, 3.63) is 0 Å². The Morgan fingerprint density at radius 3 is 2.50 bits per heavy atom. The lowest BCUT2D eigenvalue weighted by Crippen LogP contribution is -2.36. The van der Waals surface area contributed by atoms with E-state index in [1.807, 2.05) is 0 Å². The predicted octanol–water partition coefficient (Wildman–Crippen LogP) is 3.11. The Kier molecular flexibility index (Phi) is 5.36. The highest BCUT2D eigenvalue weighted by molar-refractivity contribution is 5.85. The number of hydrogen-bond acceptors (Lipinski definition) is 2. The number of rotatable bonds is 2. The van der Waals surface area contributed by atoms with Crippen molar-refractivity contribution in [1.82, 2.24) is 4.90 Å². The zero-order valence-corrected chi connectivity index (χ0v) is 13.3. The highest BCUT2D eigenvalue weighted by atomic mass is 35.5. The third kappa shape index (κ3) is 3.30. The molecule has 116 valence electrons. The molecular formula is C16H29ClN2O. The summed E-state index contributed by atoms with van der Waals surface area (Å²) in [7, 11) is 0. The molecule has 1 heterocycles. The van der Waals surface area contributed by atoms with Gasteiger partial charge >= 0.3 is 0 Å². The molecule has 20 heavy (non-hydrogen) atoms. The van der Waals surface area contributed by atoms with Gasteiger partial charge in [-0.1, -0.05) is 25.7 Å². The van der Waals surface area contributed by atoms with Gasteiger partial charge in [-0.3, -0.25) is 4.79 Å². The Bertz CT molecular complexity index is 341. The number of carbonyl (C=O) groups excluding carboxylic acids is 1. The second-order valence-electron chi connectivity index (χ2n) is 7.18. The van der Waals surface area contributed by atoms with Crippen LogP contribution in [0.25, 0.3) is 0 Å². The standard InChI is InChI=1S/C16H28N2O.ClH/c17-14-6-4-5-13(14)11-15(19)18-10-9-16(12-18)7-2-1-3-8-16;/h13-14H,1-12,17H2;1H/t13-,14+;/m0./s1. The molecular weight excluding hydrogens is 272 g/mol. The van der Waals surface area contributed by atoms with E-state index in [4.69, 9.17) is 5.73 Å². The minimum Gasteiger partial charge on any atom is -0.342 e. The number of halogens is 1. The van der Waals surface area contributed by atoms with Crippen molar-refractivity contribution in [2.24, 2.45) is 17.1 Å². The molecule has 1 aliphatic heterocycles. The summed E-state index contributed by atoms with van der Waals surface area (Å²) in [6, 6.07) is 0.273. The Balaban J connectivity index is 0.00000147. The van der Waals surface area contributed by atoms with Gasteiger partial charge in [-0.2, -0.15) is 0 Å². The molecule has 3 rings (SSSR count). The van der Waals surface area contributed by atoms with Crippen LogP contribution in [0.2, 0.25) is 0 Å². The van der Waals surface area contributed by atoms with Crippen LogP contribution in [0.3, 0.4) is 0 Å². The van der Waals surface area contributed by atoms with E-state index in [9.17, 15) is 4.79 Å². The average Bonchev–Trinajstić information content (AvgIpc) is 2.99. The van der Waals surface area contributed by atoms with Crippen LogP contribution < -0.4 is 5.73 Å². The molecule has 3 aliphatic rings. The minimum atomic E-state index is 0. The topological polar surface area (TPSA) is 46.3 Å². The number of hydrogen-bond donors (Lipinski definition) is 1. The van der Waals surface area contributed by atoms with Gasteiger partial charge in [0.15, 0.2) is 0 Å². The Labute approximate surface area is 129 Å². The maximum Gasteiger partial charge on any atom is 0.222 e. The van der Waals surface area contributed by atoms with Crippen LogP contribution in [-0.4, -0.2) is 29.9 Å². The quantitative estimate of drug-likeness (QED) is 0.852. The molecule has 0 bridgehead atoms. The number of amides is 1. The van der Waals surface area contributed by atoms with Gasteiger partial charge in [0, 0.05) is 25.6 Å². The first-order valence-corrected chi connectivity index (χ1v) is 8.22. The Morgan fingerprint density at radius 1 is 1.10 bits per heavy atom. The maximum absolute atomic E-state index is 12.4. The highest BCUT2D eigenvalue weighted by Gasteiger charge is 2.41. The summed E-state index contributed by atoms with van der Waals surface area (Å²) >= 11 is 0. The number of likely N-dealkylation sites (tertiary alicyclic amines) is 1. The Hall–Kier alpha value is -0.280. The second kappa shape index (κ2) is 6.65. The summed E-state index contributed by atoms with van der Waals surface area (Å²) in [6.07, 6.45) is 12.3. The summed E-state index contributed by atoms with van der Waals surface area (Å²) < 4.78 is 0. The van der Waals surface area contributed by atoms with E-state index in [0.717, 1.165) is 25.9 Å². The van der Waals surface area contributed by atoms with Gasteiger partial charge in [-0.05, 0) is 43.4 Å². The molecule has 1 amide bonds. The van der Waals surface area contributed by atoms with Crippen molar-refractivity contribution in [3.63, 3.8) is 0 Å². The van der Waals surface area contributed by atoms with Crippen molar-refractivity contribution >= 4 is 18.3 Å². The van der Waals surface area contributed by atoms with Crippen LogP contribution in [0.15, 0.2) is 0 Å². The molecule has 2 N–H and O–H groups in total. The van der Waals surface area contributed by atoms with E-state index >= 15 is 0 Å². The van der Waals surface area contributed by atoms with Crippen LogP contribution in [0.1, 0.15) is 64.2 Å². The van der Waals surface area contributed by atoms with E-state index < -0.39 is 0 Å². The maximum atomic E-state index is 12.4. The van der Waals surface area contributed by atoms with Crippen molar-refractivity contribution in [1.29, 1.82) is 0 Å². The predicted molar refractivity (Wildman–Crippen MR) is 83.9 cm³/mol. The zero-order chi connectivity index (χ0) is 13.3. The summed E-state index contributed by atoms with van der Waals surface area (Å²) in [5.74, 6) is 0.834. The summed E-state index contributed by atoms with van der Waals surface area (Å²) in [5.41, 5.74) is 6.58. The third-order valence-corrected chi connectivity index (χ3v) is 5.86. The van der Waals surface area contributed by atoms with Crippen molar-refractivity contribution in [2.75, 3.05) is 13.1 Å². The lowest BCUT2D eigenvalue weighted by atomic mass is 9.73. The molecule has 1 spiro atoms. The van der Waals surface area contributed by atoms with Crippen molar-refractivity contribution in [2.45, 2.75) is 70.3 Å². The zero-order valence-electron chi connectivity index (χ0n) is 12.5. The molecule has 4 heteroatoms. The molecule has 0 aromatic rings. The third-order valence-electron chi connectivity index (χ3n) is 5.86. The van der Waals surface area contributed by atoms with E-state index in [-0.39, 0.29) is 18.4 Å². The van der Waals surface area contributed by atoms with Crippen molar-refractivity contribution < 1.29 is 4.79 Å². The number of nitrogens with two attached hydrogens (primary N) is 1. The summed E-state index contributed by atoms with van der Waals surface area (Å²) in [5, 5.41) is 0. The first kappa shape index (κ1) is 16.1. The molecule has 3 nitrogen and oxygen atoms in total. The fourth-order valence-corrected chi connectivity index (χ4v) is 4.53. The van der Waals surface area contributed by atoms with Gasteiger partial charge in [0.1, 0.15) is 0 Å². The van der Waals surface area contributed by atoms with Gasteiger partial charge < -0.3 is 10.6 Å². The Morgan fingerprint density at radius 2 is 1.85 bits per heavy atom. The van der Waals surface area contributed by atoms with Gasteiger partial charge in [-0.25, -0.2) is 0 Å². The van der Waals surface area contributed by atoms with Gasteiger partial charge in [-0.15, -0.1) is 12.4 Å². The van der Waals surface area contributed by atoms with Crippen LogP contribution in [0.4, 0.5) is 0 Å². The molecule has 2 atom stereocenters. The molecule has 0 aromatic carbocycles. The molecule has 3 fully saturated rings. The van der Waals surface area contributed by atoms with Crippen LogP contribution in [-0.2, 0) is 4.79 Å². The van der Waals surface area contributed by atoms with Gasteiger partial charge in [0.2, 0.25) is 5.91 Å². The minimum absolute atomic E-state index is 0. The van der Waals surface area contributed by atoms with Crippen LogP contribution in [0, 0.1) is 11.3 Å². The monoisotopic (exact) mass is 300 g/mol. The fraction of sp³-hybridized carbons (Fsp3) is 0.938. The van der Waals surface area contributed by atoms with E-state index in [1.165, 1.54) is 44.9 Å². The smallest absolute Gasteiger partial charge is 0.222 e. The molecule has 0 aromatic heterocycles. The molecule has 0 radical (unpaired) electrons. The van der Waals surface area contributed by atoms with Crippen LogP contribution >= 0.6 is 12.4 Å². The average molecular weight is 301 g/mol. The van der Waals surface area contributed by atoms with Gasteiger partial charge in [0.05, 0.1) is 0 Å². The molecule has 0 unspecified atom stereocenters. The first-order valence-electron chi connectivity index (χ1n) is 8.22. The van der Waals surface area contributed by atoms with E-state index in [1.54, 1.807) is 0 Å². The summed E-state index contributed by atoms with van der Waals surface area (Å²) in [6.45, 7) is 2.04. The number of carbonyl (C=O) groups is 1. The molecule has 2 saturated carbocycles. The highest BCUT2D eigenvalue weighted by Crippen LogP contribution is 2.44. The SMILES string of the molecule is Cl.N[C@@H]1CCC[C@H]1CC(=O)N1CCC2(CCCCC2)C1.